The second kappa shape index (κ2) is 5.89. The summed E-state index contributed by atoms with van der Waals surface area (Å²) in [6, 6.07) is 0. The van der Waals surface area contributed by atoms with Gasteiger partial charge in [0.15, 0.2) is 0 Å². The minimum Gasteiger partial charge on any atom is -0.316 e. The van der Waals surface area contributed by atoms with Gasteiger partial charge in [-0.3, -0.25) is 0 Å². The average Bonchev–Trinajstić information content (AvgIpc) is 2.72. The van der Waals surface area contributed by atoms with E-state index in [-0.39, 0.29) is 0 Å². The molecule has 2 unspecified atom stereocenters. The summed E-state index contributed by atoms with van der Waals surface area (Å²) in [5.74, 6) is 3.21. The van der Waals surface area contributed by atoms with Crippen LogP contribution < -0.4 is 5.32 Å². The monoisotopic (exact) mass is 209 g/mol. The van der Waals surface area contributed by atoms with Gasteiger partial charge in [-0.05, 0) is 56.5 Å². The molecule has 0 bridgehead atoms. The molecule has 0 amide bonds. The molecule has 2 fully saturated rings. The van der Waals surface area contributed by atoms with Gasteiger partial charge in [-0.25, -0.2) is 0 Å². The SMILES string of the molecule is CCCNCC1CCC1CC1CCCC1. The fraction of sp³-hybridized carbons (Fsp3) is 1.00. The average molecular weight is 209 g/mol. The summed E-state index contributed by atoms with van der Waals surface area (Å²) in [5, 5.41) is 3.59. The molecule has 1 heteroatoms. The van der Waals surface area contributed by atoms with Gasteiger partial charge in [-0.1, -0.05) is 32.6 Å². The zero-order valence-corrected chi connectivity index (χ0v) is 10.3. The molecule has 0 saturated heterocycles. The maximum absolute atomic E-state index is 3.59. The van der Waals surface area contributed by atoms with Crippen molar-refractivity contribution in [2.24, 2.45) is 17.8 Å². The Morgan fingerprint density at radius 1 is 1.00 bits per heavy atom. The van der Waals surface area contributed by atoms with Gasteiger partial charge in [0.1, 0.15) is 0 Å². The quantitative estimate of drug-likeness (QED) is 0.659. The van der Waals surface area contributed by atoms with Crippen molar-refractivity contribution in [3.8, 4) is 0 Å². The van der Waals surface area contributed by atoms with Gasteiger partial charge in [0, 0.05) is 0 Å². The predicted octanol–water partition coefficient (Wildman–Crippen LogP) is 3.59. The highest BCUT2D eigenvalue weighted by molar-refractivity contribution is 4.85. The summed E-state index contributed by atoms with van der Waals surface area (Å²) in [6.45, 7) is 4.77. The van der Waals surface area contributed by atoms with Crippen LogP contribution in [0.1, 0.15) is 58.3 Å². The summed E-state index contributed by atoms with van der Waals surface area (Å²) >= 11 is 0. The molecule has 2 aliphatic carbocycles. The van der Waals surface area contributed by atoms with Crippen molar-refractivity contribution in [2.45, 2.75) is 58.3 Å². The van der Waals surface area contributed by atoms with Crippen LogP contribution in [-0.2, 0) is 0 Å². The van der Waals surface area contributed by atoms with Gasteiger partial charge in [0.2, 0.25) is 0 Å². The third-order valence-electron chi connectivity index (χ3n) is 4.52. The van der Waals surface area contributed by atoms with Gasteiger partial charge in [0.25, 0.3) is 0 Å². The first-order valence-corrected chi connectivity index (χ1v) is 7.11. The lowest BCUT2D eigenvalue weighted by Crippen LogP contribution is -2.36. The minimum atomic E-state index is 1.03. The topological polar surface area (TPSA) is 12.0 Å². The summed E-state index contributed by atoms with van der Waals surface area (Å²) in [7, 11) is 0. The Bertz CT molecular complexity index is 172. The number of rotatable bonds is 6. The summed E-state index contributed by atoms with van der Waals surface area (Å²) in [6.07, 6.45) is 11.9. The van der Waals surface area contributed by atoms with Crippen molar-refractivity contribution in [1.82, 2.24) is 5.32 Å². The van der Waals surface area contributed by atoms with E-state index in [1.54, 1.807) is 6.42 Å². The van der Waals surface area contributed by atoms with Crippen LogP contribution in [0.2, 0.25) is 0 Å². The van der Waals surface area contributed by atoms with Gasteiger partial charge in [0.05, 0.1) is 0 Å². The molecule has 15 heavy (non-hydrogen) atoms. The normalized spacial score (nSPS) is 31.8. The minimum absolute atomic E-state index is 1.03. The van der Waals surface area contributed by atoms with Crippen molar-refractivity contribution < 1.29 is 0 Å². The summed E-state index contributed by atoms with van der Waals surface area (Å²) < 4.78 is 0. The molecular weight excluding hydrogens is 182 g/mol. The molecule has 0 aromatic carbocycles. The van der Waals surface area contributed by atoms with Gasteiger partial charge in [-0.15, -0.1) is 0 Å². The zero-order valence-electron chi connectivity index (χ0n) is 10.3. The molecule has 0 heterocycles. The molecule has 0 aromatic heterocycles. The van der Waals surface area contributed by atoms with E-state index in [1.807, 2.05) is 0 Å². The molecule has 2 atom stereocenters. The van der Waals surface area contributed by atoms with Crippen molar-refractivity contribution >= 4 is 0 Å². The Labute approximate surface area is 95.0 Å². The Hall–Kier alpha value is -0.0400. The molecule has 2 aliphatic rings. The lowest BCUT2D eigenvalue weighted by molar-refractivity contribution is 0.138. The third-order valence-corrected chi connectivity index (χ3v) is 4.52. The molecule has 0 aliphatic heterocycles. The van der Waals surface area contributed by atoms with E-state index >= 15 is 0 Å². The van der Waals surface area contributed by atoms with E-state index in [9.17, 15) is 0 Å². The highest BCUT2D eigenvalue weighted by Gasteiger charge is 2.32. The van der Waals surface area contributed by atoms with Crippen molar-refractivity contribution in [2.75, 3.05) is 13.1 Å². The van der Waals surface area contributed by atoms with E-state index in [0.717, 1.165) is 17.8 Å². The maximum atomic E-state index is 3.59. The Balaban J connectivity index is 1.60. The highest BCUT2D eigenvalue weighted by atomic mass is 14.9. The molecule has 2 rings (SSSR count). The van der Waals surface area contributed by atoms with E-state index in [4.69, 9.17) is 0 Å². The lowest BCUT2D eigenvalue weighted by atomic mass is 9.69. The zero-order chi connectivity index (χ0) is 10.5. The van der Waals surface area contributed by atoms with Gasteiger partial charge in [-0.2, -0.15) is 0 Å². The van der Waals surface area contributed by atoms with Crippen LogP contribution in [0, 0.1) is 17.8 Å². The fourth-order valence-corrected chi connectivity index (χ4v) is 3.36. The van der Waals surface area contributed by atoms with Gasteiger partial charge < -0.3 is 5.32 Å². The summed E-state index contributed by atoms with van der Waals surface area (Å²) in [4.78, 5) is 0. The van der Waals surface area contributed by atoms with E-state index in [2.05, 4.69) is 12.2 Å². The lowest BCUT2D eigenvalue weighted by Gasteiger charge is -2.38. The van der Waals surface area contributed by atoms with Crippen LogP contribution in [-0.4, -0.2) is 13.1 Å². The molecule has 0 radical (unpaired) electrons. The first-order valence-electron chi connectivity index (χ1n) is 7.11. The largest absolute Gasteiger partial charge is 0.316 e. The molecule has 2 saturated carbocycles. The van der Waals surface area contributed by atoms with Crippen LogP contribution in [0.3, 0.4) is 0 Å². The van der Waals surface area contributed by atoms with Crippen LogP contribution in [0.5, 0.6) is 0 Å². The molecule has 1 N–H and O–H groups in total. The first-order chi connectivity index (χ1) is 7.40. The summed E-state index contributed by atoms with van der Waals surface area (Å²) in [5.41, 5.74) is 0. The van der Waals surface area contributed by atoms with E-state index < -0.39 is 0 Å². The van der Waals surface area contributed by atoms with Crippen LogP contribution in [0.25, 0.3) is 0 Å². The Kier molecular flexibility index (Phi) is 4.49. The number of hydrogen-bond acceptors (Lipinski definition) is 1. The maximum Gasteiger partial charge on any atom is -0.00179 e. The van der Waals surface area contributed by atoms with E-state index in [0.29, 0.717) is 0 Å². The standard InChI is InChI=1S/C14H27N/c1-2-9-15-11-14-8-7-13(14)10-12-5-3-4-6-12/h12-15H,2-11H2,1H3. The van der Waals surface area contributed by atoms with Crippen LogP contribution in [0.4, 0.5) is 0 Å². The fourth-order valence-electron chi connectivity index (χ4n) is 3.36. The Morgan fingerprint density at radius 3 is 2.33 bits per heavy atom. The van der Waals surface area contributed by atoms with E-state index in [1.165, 1.54) is 58.0 Å². The second-order valence-corrected chi connectivity index (χ2v) is 5.69. The second-order valence-electron chi connectivity index (χ2n) is 5.69. The number of hydrogen-bond donors (Lipinski definition) is 1. The van der Waals surface area contributed by atoms with Crippen molar-refractivity contribution in [1.29, 1.82) is 0 Å². The van der Waals surface area contributed by atoms with Crippen molar-refractivity contribution in [3.05, 3.63) is 0 Å². The highest BCUT2D eigenvalue weighted by Crippen LogP contribution is 2.41. The molecule has 88 valence electrons. The third kappa shape index (κ3) is 3.21. The van der Waals surface area contributed by atoms with Crippen LogP contribution in [0.15, 0.2) is 0 Å². The molecule has 1 nitrogen and oxygen atoms in total. The smallest absolute Gasteiger partial charge is 0.00179 e. The van der Waals surface area contributed by atoms with Gasteiger partial charge >= 0.3 is 0 Å². The Morgan fingerprint density at radius 2 is 1.73 bits per heavy atom. The first kappa shape index (κ1) is 11.4. The molecule has 0 aromatic rings. The number of nitrogens with one attached hydrogen (secondary N) is 1. The van der Waals surface area contributed by atoms with Crippen LogP contribution >= 0.6 is 0 Å². The molecule has 0 spiro atoms. The predicted molar refractivity (Wildman–Crippen MR) is 65.9 cm³/mol. The van der Waals surface area contributed by atoms with Crippen molar-refractivity contribution in [3.63, 3.8) is 0 Å². The molecular formula is C14H27N.